The average molecular weight is 255 g/mol. The number of fused-ring (bicyclic) bond motifs is 4. The van der Waals surface area contributed by atoms with E-state index in [9.17, 15) is 5.11 Å². The highest BCUT2D eigenvalue weighted by molar-refractivity contribution is 5.86. The molecule has 0 aromatic heterocycles. The van der Waals surface area contributed by atoms with Gasteiger partial charge in [0.1, 0.15) is 5.75 Å². The van der Waals surface area contributed by atoms with Crippen LogP contribution >= 0.6 is 0 Å². The van der Waals surface area contributed by atoms with Crippen molar-refractivity contribution < 1.29 is 14.6 Å². The number of ether oxygens (including phenoxy) is 2. The topological polar surface area (TPSA) is 41.9 Å². The summed E-state index contributed by atoms with van der Waals surface area (Å²) < 4.78 is 10.9. The first-order valence-corrected chi connectivity index (χ1v) is 6.19. The van der Waals surface area contributed by atoms with Gasteiger partial charge in [0, 0.05) is 24.8 Å². The van der Waals surface area contributed by atoms with Crippen LogP contribution in [-0.4, -0.2) is 18.9 Å². The largest absolute Gasteiger partial charge is 0.508 e. The Morgan fingerprint density at radius 3 is 2.68 bits per heavy atom. The molecule has 0 atom stereocenters. The van der Waals surface area contributed by atoms with Crippen molar-refractivity contribution in [3.63, 3.8) is 0 Å². The van der Waals surface area contributed by atoms with Crippen molar-refractivity contribution in [1.82, 2.24) is 0 Å². The van der Waals surface area contributed by atoms with E-state index in [-0.39, 0.29) is 12.5 Å². The molecule has 0 saturated heterocycles. The fourth-order valence-electron chi connectivity index (χ4n) is 2.78. The fourth-order valence-corrected chi connectivity index (χ4v) is 2.78. The number of rotatable bonds is 0. The number of benzene rings is 2. The summed E-state index contributed by atoms with van der Waals surface area (Å²) in [5.41, 5.74) is 4.43. The maximum Gasteiger partial charge on any atom is 0.231 e. The molecular formula is C15H13NO3. The lowest BCUT2D eigenvalue weighted by molar-refractivity contribution is 0.174. The van der Waals surface area contributed by atoms with E-state index in [1.807, 2.05) is 25.2 Å². The van der Waals surface area contributed by atoms with Crippen molar-refractivity contribution in [1.29, 1.82) is 0 Å². The van der Waals surface area contributed by atoms with Gasteiger partial charge in [-0.1, -0.05) is 0 Å². The summed E-state index contributed by atoms with van der Waals surface area (Å²) in [7, 11) is 2.05. The number of hydrogen-bond donors (Lipinski definition) is 1. The normalized spacial score (nSPS) is 15.1. The third-order valence-corrected chi connectivity index (χ3v) is 3.69. The smallest absolute Gasteiger partial charge is 0.231 e. The molecule has 0 aliphatic carbocycles. The zero-order valence-electron chi connectivity index (χ0n) is 10.5. The SMILES string of the molecule is CN1Cc2cc3c(cc2-c2cc(O)ccc21)OCO3. The molecule has 2 aliphatic heterocycles. The zero-order chi connectivity index (χ0) is 13.0. The molecule has 4 rings (SSSR count). The molecule has 0 bridgehead atoms. The van der Waals surface area contributed by atoms with Gasteiger partial charge in [0.15, 0.2) is 11.5 Å². The molecule has 0 spiro atoms. The maximum absolute atomic E-state index is 9.72. The molecule has 4 nitrogen and oxygen atoms in total. The van der Waals surface area contributed by atoms with Gasteiger partial charge in [0.05, 0.1) is 0 Å². The number of phenolic OH excluding ortho intramolecular Hbond substituents is 1. The van der Waals surface area contributed by atoms with E-state index >= 15 is 0 Å². The Hall–Kier alpha value is -2.36. The van der Waals surface area contributed by atoms with Crippen molar-refractivity contribution >= 4 is 5.69 Å². The van der Waals surface area contributed by atoms with Crippen LogP contribution in [0, 0.1) is 0 Å². The second kappa shape index (κ2) is 3.57. The second-order valence-electron chi connectivity index (χ2n) is 4.92. The highest BCUT2D eigenvalue weighted by atomic mass is 16.7. The first-order valence-electron chi connectivity index (χ1n) is 6.19. The molecule has 19 heavy (non-hydrogen) atoms. The van der Waals surface area contributed by atoms with Crippen molar-refractivity contribution in [2.45, 2.75) is 6.54 Å². The summed E-state index contributed by atoms with van der Waals surface area (Å²) in [6.45, 7) is 1.10. The molecule has 0 fully saturated rings. The highest BCUT2D eigenvalue weighted by Crippen LogP contribution is 2.45. The summed E-state index contributed by atoms with van der Waals surface area (Å²) in [4.78, 5) is 2.17. The standard InChI is InChI=1S/C15H13NO3/c1-16-7-9-4-14-15(19-8-18-14)6-11(9)12-5-10(17)2-3-13(12)16/h2-6,17H,7-8H2,1H3. The molecule has 0 amide bonds. The van der Waals surface area contributed by atoms with Crippen LogP contribution < -0.4 is 14.4 Å². The predicted molar refractivity (Wildman–Crippen MR) is 71.8 cm³/mol. The minimum atomic E-state index is 0.276. The quantitative estimate of drug-likeness (QED) is 0.786. The van der Waals surface area contributed by atoms with E-state index < -0.39 is 0 Å². The van der Waals surface area contributed by atoms with Gasteiger partial charge in [0.25, 0.3) is 0 Å². The molecular weight excluding hydrogens is 242 g/mol. The molecule has 2 heterocycles. The van der Waals surface area contributed by atoms with Gasteiger partial charge in [-0.15, -0.1) is 0 Å². The molecule has 2 aromatic carbocycles. The van der Waals surface area contributed by atoms with Crippen molar-refractivity contribution in [3.05, 3.63) is 35.9 Å². The summed E-state index contributed by atoms with van der Waals surface area (Å²) in [6.07, 6.45) is 0. The summed E-state index contributed by atoms with van der Waals surface area (Å²) in [5, 5.41) is 9.72. The van der Waals surface area contributed by atoms with Gasteiger partial charge in [-0.05, 0) is 41.5 Å². The number of anilines is 1. The molecule has 96 valence electrons. The molecule has 4 heteroatoms. The van der Waals surface area contributed by atoms with Crippen LogP contribution in [0.25, 0.3) is 11.1 Å². The maximum atomic E-state index is 9.72. The van der Waals surface area contributed by atoms with Gasteiger partial charge in [0.2, 0.25) is 6.79 Å². The van der Waals surface area contributed by atoms with Crippen LogP contribution in [0.1, 0.15) is 5.56 Å². The number of phenols is 1. The van der Waals surface area contributed by atoms with E-state index in [2.05, 4.69) is 4.90 Å². The third-order valence-electron chi connectivity index (χ3n) is 3.69. The number of aromatic hydroxyl groups is 1. The second-order valence-corrected chi connectivity index (χ2v) is 4.92. The molecule has 2 aromatic rings. The van der Waals surface area contributed by atoms with E-state index in [4.69, 9.17) is 9.47 Å². The lowest BCUT2D eigenvalue weighted by atomic mass is 9.93. The predicted octanol–water partition coefficient (Wildman–Crippen LogP) is 2.74. The highest BCUT2D eigenvalue weighted by Gasteiger charge is 2.24. The summed E-state index contributed by atoms with van der Waals surface area (Å²) >= 11 is 0. The molecule has 0 unspecified atom stereocenters. The molecule has 0 radical (unpaired) electrons. The minimum absolute atomic E-state index is 0.276. The van der Waals surface area contributed by atoms with Gasteiger partial charge in [-0.2, -0.15) is 0 Å². The van der Waals surface area contributed by atoms with Crippen molar-refractivity contribution in [3.8, 4) is 28.4 Å². The first kappa shape index (κ1) is 10.6. The fraction of sp³-hybridized carbons (Fsp3) is 0.200. The Morgan fingerprint density at radius 1 is 1.05 bits per heavy atom. The van der Waals surface area contributed by atoms with Crippen molar-refractivity contribution in [2.75, 3.05) is 18.7 Å². The van der Waals surface area contributed by atoms with Crippen LogP contribution in [0.15, 0.2) is 30.3 Å². The van der Waals surface area contributed by atoms with Gasteiger partial charge in [-0.25, -0.2) is 0 Å². The number of hydrogen-bond acceptors (Lipinski definition) is 4. The lowest BCUT2D eigenvalue weighted by Crippen LogP contribution is -2.21. The Bertz CT molecular complexity index is 681. The van der Waals surface area contributed by atoms with E-state index in [0.717, 1.165) is 34.9 Å². The Kier molecular flexibility index (Phi) is 1.98. The third kappa shape index (κ3) is 1.46. The van der Waals surface area contributed by atoms with E-state index in [1.165, 1.54) is 5.56 Å². The van der Waals surface area contributed by atoms with Crippen LogP contribution in [0.3, 0.4) is 0 Å². The van der Waals surface area contributed by atoms with Gasteiger partial charge < -0.3 is 19.5 Å². The number of nitrogens with zero attached hydrogens (tertiary/aromatic N) is 1. The van der Waals surface area contributed by atoms with E-state index in [1.54, 1.807) is 12.1 Å². The average Bonchev–Trinajstić information content (AvgIpc) is 2.84. The monoisotopic (exact) mass is 255 g/mol. The summed E-state index contributed by atoms with van der Waals surface area (Å²) in [5.74, 6) is 1.85. The Labute approximate surface area is 110 Å². The molecule has 2 aliphatic rings. The lowest BCUT2D eigenvalue weighted by Gasteiger charge is -2.29. The molecule has 0 saturated carbocycles. The van der Waals surface area contributed by atoms with E-state index in [0.29, 0.717) is 0 Å². The summed E-state index contributed by atoms with van der Waals surface area (Å²) in [6, 6.07) is 9.49. The molecule has 1 N–H and O–H groups in total. The first-order chi connectivity index (χ1) is 9.22. The van der Waals surface area contributed by atoms with Crippen LogP contribution in [0.4, 0.5) is 5.69 Å². The van der Waals surface area contributed by atoms with Crippen LogP contribution in [0.5, 0.6) is 17.2 Å². The Balaban J connectivity index is 1.98. The van der Waals surface area contributed by atoms with Gasteiger partial charge >= 0.3 is 0 Å². The Morgan fingerprint density at radius 2 is 1.84 bits per heavy atom. The van der Waals surface area contributed by atoms with Crippen LogP contribution in [-0.2, 0) is 6.54 Å². The van der Waals surface area contributed by atoms with Crippen molar-refractivity contribution in [2.24, 2.45) is 0 Å². The van der Waals surface area contributed by atoms with Crippen LogP contribution in [0.2, 0.25) is 0 Å². The van der Waals surface area contributed by atoms with Gasteiger partial charge in [-0.3, -0.25) is 0 Å². The minimum Gasteiger partial charge on any atom is -0.508 e. The zero-order valence-corrected chi connectivity index (χ0v) is 10.5.